The van der Waals surface area contributed by atoms with Gasteiger partial charge in [-0.05, 0) is 17.5 Å². The summed E-state index contributed by atoms with van der Waals surface area (Å²) in [5, 5.41) is 12.4. The summed E-state index contributed by atoms with van der Waals surface area (Å²) in [6.07, 6.45) is 0. The Morgan fingerprint density at radius 1 is 1.39 bits per heavy atom. The molecule has 1 unspecified atom stereocenters. The fraction of sp³-hybridized carbons (Fsp3) is 0.571. The van der Waals surface area contributed by atoms with Crippen LogP contribution in [0.2, 0.25) is 0 Å². The highest BCUT2D eigenvalue weighted by Crippen LogP contribution is 2.24. The topological polar surface area (TPSA) is 41.5 Å². The highest BCUT2D eigenvalue weighted by molar-refractivity contribution is 7.99. The van der Waals surface area contributed by atoms with Gasteiger partial charge in [-0.1, -0.05) is 25.1 Å². The molecule has 18 heavy (non-hydrogen) atoms. The third-order valence-electron chi connectivity index (χ3n) is 2.61. The lowest BCUT2D eigenvalue weighted by atomic mass is 10.2. The number of hydrogen-bond donors (Lipinski definition) is 2. The molecule has 3 nitrogen and oxygen atoms in total. The largest absolute Gasteiger partial charge is 0.396 e. The van der Waals surface area contributed by atoms with E-state index in [0.29, 0.717) is 5.92 Å². The molecule has 0 aromatic heterocycles. The van der Waals surface area contributed by atoms with Gasteiger partial charge in [-0.15, -0.1) is 11.8 Å². The molecule has 1 atom stereocenters. The van der Waals surface area contributed by atoms with Crippen LogP contribution in [0.4, 0.5) is 0 Å². The van der Waals surface area contributed by atoms with Crippen molar-refractivity contribution in [1.82, 2.24) is 5.32 Å². The van der Waals surface area contributed by atoms with Crippen LogP contribution >= 0.6 is 11.8 Å². The molecule has 102 valence electrons. The van der Waals surface area contributed by atoms with Gasteiger partial charge < -0.3 is 15.2 Å². The Bertz CT molecular complexity index is 333. The Balaban J connectivity index is 2.45. The van der Waals surface area contributed by atoms with E-state index < -0.39 is 0 Å². The molecular weight excluding hydrogens is 246 g/mol. The van der Waals surface area contributed by atoms with E-state index in [1.54, 1.807) is 7.11 Å². The number of aliphatic hydroxyl groups excluding tert-OH is 1. The van der Waals surface area contributed by atoms with Crippen molar-refractivity contribution >= 4 is 11.8 Å². The first-order chi connectivity index (χ1) is 8.77. The van der Waals surface area contributed by atoms with Crippen LogP contribution in [0.3, 0.4) is 0 Å². The molecule has 0 spiro atoms. The van der Waals surface area contributed by atoms with Crippen LogP contribution in [0.5, 0.6) is 0 Å². The van der Waals surface area contributed by atoms with E-state index in [1.807, 2.05) is 11.8 Å². The van der Waals surface area contributed by atoms with Crippen molar-refractivity contribution in [2.45, 2.75) is 18.4 Å². The first-order valence-electron chi connectivity index (χ1n) is 6.29. The van der Waals surface area contributed by atoms with Crippen molar-refractivity contribution < 1.29 is 9.84 Å². The highest BCUT2D eigenvalue weighted by Gasteiger charge is 2.05. The van der Waals surface area contributed by atoms with Gasteiger partial charge in [-0.3, -0.25) is 0 Å². The van der Waals surface area contributed by atoms with Gasteiger partial charge in [0.1, 0.15) is 0 Å². The molecule has 0 aliphatic heterocycles. The molecule has 0 amide bonds. The quantitative estimate of drug-likeness (QED) is 0.532. The van der Waals surface area contributed by atoms with Gasteiger partial charge in [0.25, 0.3) is 0 Å². The summed E-state index contributed by atoms with van der Waals surface area (Å²) >= 11 is 1.81. The normalized spacial score (nSPS) is 12.6. The van der Waals surface area contributed by atoms with E-state index in [4.69, 9.17) is 9.84 Å². The van der Waals surface area contributed by atoms with E-state index in [-0.39, 0.29) is 6.61 Å². The number of aliphatic hydroxyl groups is 1. The number of rotatable bonds is 9. The Morgan fingerprint density at radius 3 is 2.89 bits per heavy atom. The molecule has 0 aliphatic carbocycles. The van der Waals surface area contributed by atoms with Gasteiger partial charge >= 0.3 is 0 Å². The van der Waals surface area contributed by atoms with Crippen LogP contribution < -0.4 is 5.32 Å². The predicted molar refractivity (Wildman–Crippen MR) is 77.0 cm³/mol. The Labute approximate surface area is 114 Å². The second-order valence-electron chi connectivity index (χ2n) is 4.38. The lowest BCUT2D eigenvalue weighted by molar-refractivity contribution is 0.199. The van der Waals surface area contributed by atoms with Crippen molar-refractivity contribution in [3.8, 4) is 0 Å². The SMILES string of the molecule is COCCNCc1ccccc1SCC(C)CO. The first-order valence-corrected chi connectivity index (χ1v) is 7.27. The third kappa shape index (κ3) is 5.87. The summed E-state index contributed by atoms with van der Waals surface area (Å²) in [5.41, 5.74) is 1.31. The molecule has 1 rings (SSSR count). The molecular formula is C14H23NO2S. The number of thioether (sulfide) groups is 1. The van der Waals surface area contributed by atoms with Crippen molar-refractivity contribution in [2.75, 3.05) is 32.6 Å². The van der Waals surface area contributed by atoms with Gasteiger partial charge in [0.15, 0.2) is 0 Å². The highest BCUT2D eigenvalue weighted by atomic mass is 32.2. The third-order valence-corrected chi connectivity index (χ3v) is 4.05. The van der Waals surface area contributed by atoms with Gasteiger partial charge in [0, 0.05) is 37.5 Å². The summed E-state index contributed by atoms with van der Waals surface area (Å²) in [6, 6.07) is 8.41. The number of methoxy groups -OCH3 is 1. The smallest absolute Gasteiger partial charge is 0.0587 e. The molecule has 4 heteroatoms. The maximum absolute atomic E-state index is 9.04. The first kappa shape index (κ1) is 15.5. The molecule has 1 aromatic rings. The average molecular weight is 269 g/mol. The van der Waals surface area contributed by atoms with Crippen LogP contribution in [-0.4, -0.2) is 37.7 Å². The summed E-state index contributed by atoms with van der Waals surface area (Å²) in [6.45, 7) is 4.77. The second kappa shape index (κ2) is 9.39. The van der Waals surface area contributed by atoms with Crippen LogP contribution in [-0.2, 0) is 11.3 Å². The minimum Gasteiger partial charge on any atom is -0.396 e. The van der Waals surface area contributed by atoms with Gasteiger partial charge in [0.05, 0.1) is 6.61 Å². The summed E-state index contributed by atoms with van der Waals surface area (Å²) < 4.78 is 5.01. The van der Waals surface area contributed by atoms with Crippen LogP contribution in [0.1, 0.15) is 12.5 Å². The van der Waals surface area contributed by atoms with Crippen molar-refractivity contribution in [2.24, 2.45) is 5.92 Å². The zero-order chi connectivity index (χ0) is 13.2. The van der Waals surface area contributed by atoms with Crippen LogP contribution in [0.25, 0.3) is 0 Å². The predicted octanol–water partition coefficient (Wildman–Crippen LogP) is 2.14. The zero-order valence-corrected chi connectivity index (χ0v) is 12.0. The summed E-state index contributed by atoms with van der Waals surface area (Å²) in [4.78, 5) is 1.29. The van der Waals surface area contributed by atoms with Crippen molar-refractivity contribution in [1.29, 1.82) is 0 Å². The summed E-state index contributed by atoms with van der Waals surface area (Å²) in [7, 11) is 1.71. The van der Waals surface area contributed by atoms with Crippen LogP contribution in [0, 0.1) is 5.92 Å². The average Bonchev–Trinajstić information content (AvgIpc) is 2.42. The van der Waals surface area contributed by atoms with Crippen molar-refractivity contribution in [3.63, 3.8) is 0 Å². The summed E-state index contributed by atoms with van der Waals surface area (Å²) in [5.74, 6) is 1.29. The number of benzene rings is 1. The minimum absolute atomic E-state index is 0.251. The molecule has 1 aromatic carbocycles. The molecule has 0 saturated carbocycles. The molecule has 0 bridgehead atoms. The number of ether oxygens (including phenoxy) is 1. The molecule has 0 aliphatic rings. The number of nitrogens with one attached hydrogen (secondary N) is 1. The molecule has 0 saturated heterocycles. The molecule has 2 N–H and O–H groups in total. The Hall–Kier alpha value is -0.550. The number of hydrogen-bond acceptors (Lipinski definition) is 4. The fourth-order valence-corrected chi connectivity index (χ4v) is 2.54. The Kier molecular flexibility index (Phi) is 8.09. The molecule has 0 fully saturated rings. The minimum atomic E-state index is 0.251. The second-order valence-corrected chi connectivity index (χ2v) is 5.44. The van der Waals surface area contributed by atoms with Crippen LogP contribution in [0.15, 0.2) is 29.2 Å². The standard InChI is InChI=1S/C14H23NO2S/c1-12(10-16)11-18-14-6-4-3-5-13(14)9-15-7-8-17-2/h3-6,12,15-16H,7-11H2,1-2H3. The fourth-order valence-electron chi connectivity index (χ4n) is 1.47. The van der Waals surface area contributed by atoms with E-state index >= 15 is 0 Å². The van der Waals surface area contributed by atoms with Crippen molar-refractivity contribution in [3.05, 3.63) is 29.8 Å². The van der Waals surface area contributed by atoms with Gasteiger partial charge in [0.2, 0.25) is 0 Å². The Morgan fingerprint density at radius 2 is 2.17 bits per heavy atom. The zero-order valence-electron chi connectivity index (χ0n) is 11.2. The molecule has 0 heterocycles. The van der Waals surface area contributed by atoms with Gasteiger partial charge in [-0.2, -0.15) is 0 Å². The van der Waals surface area contributed by atoms with E-state index in [9.17, 15) is 0 Å². The van der Waals surface area contributed by atoms with E-state index in [1.165, 1.54) is 10.5 Å². The lowest BCUT2D eigenvalue weighted by Gasteiger charge is -2.12. The van der Waals surface area contributed by atoms with E-state index in [2.05, 4.69) is 36.5 Å². The maximum atomic E-state index is 9.04. The monoisotopic (exact) mass is 269 g/mol. The maximum Gasteiger partial charge on any atom is 0.0587 e. The lowest BCUT2D eigenvalue weighted by Crippen LogP contribution is -2.19. The van der Waals surface area contributed by atoms with Gasteiger partial charge in [-0.25, -0.2) is 0 Å². The molecule has 0 radical (unpaired) electrons. The van der Waals surface area contributed by atoms with E-state index in [0.717, 1.165) is 25.4 Å².